The molecular weight excluding hydrogens is 417 g/mol. The quantitative estimate of drug-likeness (QED) is 0.546. The highest BCUT2D eigenvalue weighted by Crippen LogP contribution is 2.27. The third-order valence-corrected chi connectivity index (χ3v) is 6.43. The van der Waals surface area contributed by atoms with Gasteiger partial charge >= 0.3 is 0 Å². The van der Waals surface area contributed by atoms with Gasteiger partial charge in [0, 0.05) is 36.2 Å². The van der Waals surface area contributed by atoms with Crippen LogP contribution in [0.5, 0.6) is 0 Å². The molecule has 0 saturated carbocycles. The molecule has 2 aromatic heterocycles. The van der Waals surface area contributed by atoms with Gasteiger partial charge in [-0.3, -0.25) is 4.79 Å². The lowest BCUT2D eigenvalue weighted by Gasteiger charge is -2.33. The van der Waals surface area contributed by atoms with Gasteiger partial charge in [0.1, 0.15) is 11.5 Å². The van der Waals surface area contributed by atoms with Crippen LogP contribution in [0.4, 0.5) is 4.39 Å². The summed E-state index contributed by atoms with van der Waals surface area (Å²) in [5.41, 5.74) is 2.34. The molecule has 1 fully saturated rings. The molecule has 0 radical (unpaired) electrons. The van der Waals surface area contributed by atoms with Crippen molar-refractivity contribution in [3.05, 3.63) is 53.6 Å². The molecule has 176 valence electrons. The Labute approximate surface area is 195 Å². The molecule has 33 heavy (non-hydrogen) atoms. The molecular formula is C26H34FN5O. The number of hydrogen-bond donors (Lipinski definition) is 1. The summed E-state index contributed by atoms with van der Waals surface area (Å²) in [7, 11) is 0. The lowest BCUT2D eigenvalue weighted by atomic mass is 9.93. The number of amides is 1. The summed E-state index contributed by atoms with van der Waals surface area (Å²) < 4.78 is 16.3. The van der Waals surface area contributed by atoms with E-state index >= 15 is 0 Å². The lowest BCUT2D eigenvalue weighted by molar-refractivity contribution is 0.0944. The molecule has 6 nitrogen and oxygen atoms in total. The molecule has 1 N–H and O–H groups in total. The van der Waals surface area contributed by atoms with Crippen molar-refractivity contribution in [2.45, 2.75) is 64.8 Å². The Hall–Kier alpha value is -2.80. The van der Waals surface area contributed by atoms with Crippen LogP contribution in [0, 0.1) is 5.82 Å². The minimum absolute atomic E-state index is 0.200. The van der Waals surface area contributed by atoms with Gasteiger partial charge in [-0.15, -0.1) is 0 Å². The van der Waals surface area contributed by atoms with Gasteiger partial charge in [0.25, 0.3) is 5.91 Å². The van der Waals surface area contributed by atoms with E-state index in [0.717, 1.165) is 25.2 Å². The molecule has 1 atom stereocenters. The molecule has 0 aliphatic carbocycles. The number of nitrogens with zero attached hydrogens (tertiary/aromatic N) is 4. The lowest BCUT2D eigenvalue weighted by Crippen LogP contribution is -2.39. The smallest absolute Gasteiger partial charge is 0.270 e. The minimum Gasteiger partial charge on any atom is -0.351 e. The van der Waals surface area contributed by atoms with E-state index < -0.39 is 0 Å². The van der Waals surface area contributed by atoms with E-state index in [1.54, 1.807) is 28.8 Å². The molecule has 1 unspecified atom stereocenters. The Morgan fingerprint density at radius 2 is 2.00 bits per heavy atom. The molecule has 4 rings (SSSR count). The van der Waals surface area contributed by atoms with Crippen LogP contribution in [-0.2, 0) is 5.41 Å². The van der Waals surface area contributed by atoms with Crippen LogP contribution in [0.25, 0.3) is 16.9 Å². The molecule has 1 aromatic carbocycles. The first kappa shape index (κ1) is 23.4. The Bertz CT molecular complexity index is 1130. The molecule has 1 aliphatic heterocycles. The number of aromatic nitrogens is 3. The predicted octanol–water partition coefficient (Wildman–Crippen LogP) is 4.83. The molecule has 0 bridgehead atoms. The van der Waals surface area contributed by atoms with Gasteiger partial charge in [0.05, 0.1) is 11.4 Å². The van der Waals surface area contributed by atoms with Crippen molar-refractivity contribution in [3.63, 3.8) is 0 Å². The number of halogens is 1. The van der Waals surface area contributed by atoms with Crippen LogP contribution in [0.15, 0.2) is 36.4 Å². The number of fused-ring (bicyclic) bond motifs is 1. The van der Waals surface area contributed by atoms with Crippen LogP contribution in [0.1, 0.15) is 69.6 Å². The van der Waals surface area contributed by atoms with E-state index in [1.807, 2.05) is 6.07 Å². The number of hydrogen-bond acceptors (Lipinski definition) is 4. The summed E-state index contributed by atoms with van der Waals surface area (Å²) >= 11 is 0. The fourth-order valence-electron chi connectivity index (χ4n) is 4.38. The van der Waals surface area contributed by atoms with E-state index in [2.05, 4.69) is 48.0 Å². The number of piperidine rings is 1. The van der Waals surface area contributed by atoms with Crippen molar-refractivity contribution in [2.75, 3.05) is 19.6 Å². The van der Waals surface area contributed by atoms with Crippen LogP contribution in [0.2, 0.25) is 0 Å². The zero-order valence-electron chi connectivity index (χ0n) is 20.1. The molecule has 0 spiro atoms. The number of carbonyl (C=O) groups excluding carboxylic acids is 1. The van der Waals surface area contributed by atoms with E-state index in [9.17, 15) is 9.18 Å². The Balaban J connectivity index is 1.57. The molecule has 7 heteroatoms. The Morgan fingerprint density at radius 3 is 2.73 bits per heavy atom. The molecule has 3 heterocycles. The second-order valence-corrected chi connectivity index (χ2v) is 10.0. The van der Waals surface area contributed by atoms with Crippen molar-refractivity contribution in [3.8, 4) is 11.3 Å². The zero-order valence-corrected chi connectivity index (χ0v) is 20.1. The Morgan fingerprint density at radius 1 is 1.21 bits per heavy atom. The third kappa shape index (κ3) is 5.24. The SMILES string of the molecule is CC1CCCCN1CCCNC(=O)c1cc(-c2ccccc2F)n2nc(C(C)(C)C)cc2n1. The number of carbonyl (C=O) groups is 1. The highest BCUT2D eigenvalue weighted by Gasteiger charge is 2.22. The third-order valence-electron chi connectivity index (χ3n) is 6.43. The highest BCUT2D eigenvalue weighted by molar-refractivity contribution is 5.94. The predicted molar refractivity (Wildman–Crippen MR) is 129 cm³/mol. The van der Waals surface area contributed by atoms with Crippen molar-refractivity contribution in [2.24, 2.45) is 0 Å². The molecule has 3 aromatic rings. The van der Waals surface area contributed by atoms with Crippen LogP contribution in [0.3, 0.4) is 0 Å². The first-order chi connectivity index (χ1) is 15.7. The Kier molecular flexibility index (Phi) is 6.79. The molecule has 1 amide bonds. The van der Waals surface area contributed by atoms with E-state index in [4.69, 9.17) is 0 Å². The van der Waals surface area contributed by atoms with Crippen LogP contribution >= 0.6 is 0 Å². The zero-order chi connectivity index (χ0) is 23.6. The van der Waals surface area contributed by atoms with Crippen molar-refractivity contribution >= 4 is 11.6 Å². The standard InChI is InChI=1S/C26H34FN5O/c1-18-10-7-8-14-31(18)15-9-13-28-25(33)21-16-22(19-11-5-6-12-20(19)27)32-24(29-21)17-23(30-32)26(2,3)4/h5-6,11-12,16-18H,7-10,13-15H2,1-4H3,(H,28,33). The van der Waals surface area contributed by atoms with Gasteiger partial charge in [-0.2, -0.15) is 5.10 Å². The van der Waals surface area contributed by atoms with Crippen LogP contribution < -0.4 is 5.32 Å². The fraction of sp³-hybridized carbons (Fsp3) is 0.500. The largest absolute Gasteiger partial charge is 0.351 e. The van der Waals surface area contributed by atoms with Gasteiger partial charge in [0.15, 0.2) is 5.65 Å². The maximum atomic E-state index is 14.7. The first-order valence-corrected chi connectivity index (χ1v) is 11.9. The van der Waals surface area contributed by atoms with Gasteiger partial charge in [0.2, 0.25) is 0 Å². The minimum atomic E-state index is -0.361. The first-order valence-electron chi connectivity index (χ1n) is 11.9. The van der Waals surface area contributed by atoms with Crippen molar-refractivity contribution in [1.29, 1.82) is 0 Å². The van der Waals surface area contributed by atoms with E-state index in [-0.39, 0.29) is 22.8 Å². The number of rotatable bonds is 6. The van der Waals surface area contributed by atoms with Gasteiger partial charge in [-0.1, -0.05) is 39.3 Å². The second kappa shape index (κ2) is 9.59. The van der Waals surface area contributed by atoms with Gasteiger partial charge in [-0.25, -0.2) is 13.9 Å². The van der Waals surface area contributed by atoms with E-state index in [1.165, 1.54) is 25.3 Å². The van der Waals surface area contributed by atoms with Gasteiger partial charge < -0.3 is 10.2 Å². The normalized spacial score (nSPS) is 17.4. The summed E-state index contributed by atoms with van der Waals surface area (Å²) in [6, 6.07) is 10.7. The topological polar surface area (TPSA) is 62.5 Å². The average Bonchev–Trinajstić information content (AvgIpc) is 3.22. The fourth-order valence-corrected chi connectivity index (χ4v) is 4.38. The second-order valence-electron chi connectivity index (χ2n) is 10.0. The summed E-state index contributed by atoms with van der Waals surface area (Å²) in [4.78, 5) is 20.0. The number of nitrogens with one attached hydrogen (secondary N) is 1. The maximum Gasteiger partial charge on any atom is 0.270 e. The summed E-state index contributed by atoms with van der Waals surface area (Å²) in [6.07, 6.45) is 4.69. The van der Waals surface area contributed by atoms with Crippen LogP contribution in [-0.4, -0.2) is 51.1 Å². The number of likely N-dealkylation sites (tertiary alicyclic amines) is 1. The highest BCUT2D eigenvalue weighted by atomic mass is 19.1. The summed E-state index contributed by atoms with van der Waals surface area (Å²) in [5, 5.41) is 7.68. The monoisotopic (exact) mass is 451 g/mol. The van der Waals surface area contributed by atoms with Gasteiger partial charge in [-0.05, 0) is 50.9 Å². The van der Waals surface area contributed by atoms with Crippen molar-refractivity contribution in [1.82, 2.24) is 24.8 Å². The summed E-state index contributed by atoms with van der Waals surface area (Å²) in [6.45, 7) is 11.2. The average molecular weight is 452 g/mol. The number of benzene rings is 1. The van der Waals surface area contributed by atoms with Crippen molar-refractivity contribution < 1.29 is 9.18 Å². The maximum absolute atomic E-state index is 14.7. The summed E-state index contributed by atoms with van der Waals surface area (Å²) in [5.74, 6) is -0.611. The molecule has 1 saturated heterocycles. The van der Waals surface area contributed by atoms with E-state index in [0.29, 0.717) is 29.5 Å². The molecule has 1 aliphatic rings.